The summed E-state index contributed by atoms with van der Waals surface area (Å²) in [5.74, 6) is -2.29. The molecule has 0 saturated carbocycles. The molecular formula is C10H9F4NO2. The summed E-state index contributed by atoms with van der Waals surface area (Å²) < 4.78 is 55.2. The first kappa shape index (κ1) is 13.3. The van der Waals surface area contributed by atoms with Gasteiger partial charge < -0.3 is 10.5 Å². The Bertz CT molecular complexity index is 443. The van der Waals surface area contributed by atoms with E-state index >= 15 is 0 Å². The first-order chi connectivity index (χ1) is 7.77. The fourth-order valence-corrected chi connectivity index (χ4v) is 1.31. The van der Waals surface area contributed by atoms with Gasteiger partial charge in [0, 0.05) is 5.69 Å². The Balaban J connectivity index is 3.41. The predicted molar refractivity (Wildman–Crippen MR) is 51.8 cm³/mol. The number of alkyl halides is 3. The van der Waals surface area contributed by atoms with Crippen LogP contribution in [-0.2, 0) is 10.9 Å². The maximum absolute atomic E-state index is 12.9. The number of rotatable bonds is 2. The van der Waals surface area contributed by atoms with E-state index in [1.807, 2.05) is 0 Å². The maximum atomic E-state index is 12.9. The van der Waals surface area contributed by atoms with E-state index in [1.165, 1.54) is 6.92 Å². The third-order valence-corrected chi connectivity index (χ3v) is 1.91. The van der Waals surface area contributed by atoms with Crippen molar-refractivity contribution in [3.8, 4) is 0 Å². The molecule has 0 radical (unpaired) electrons. The number of esters is 1. The molecule has 7 heteroatoms. The Labute approximate surface area is 94.2 Å². The third kappa shape index (κ3) is 2.86. The molecule has 0 amide bonds. The number of hydrogen-bond donors (Lipinski definition) is 1. The van der Waals surface area contributed by atoms with Crippen molar-refractivity contribution in [3.63, 3.8) is 0 Å². The number of benzene rings is 1. The molecule has 17 heavy (non-hydrogen) atoms. The van der Waals surface area contributed by atoms with Gasteiger partial charge in [-0.25, -0.2) is 9.18 Å². The number of anilines is 1. The van der Waals surface area contributed by atoms with Gasteiger partial charge in [0.25, 0.3) is 0 Å². The van der Waals surface area contributed by atoms with Gasteiger partial charge in [0.15, 0.2) is 0 Å². The van der Waals surface area contributed by atoms with Crippen LogP contribution < -0.4 is 5.73 Å². The number of nitrogen functional groups attached to an aromatic ring is 1. The van der Waals surface area contributed by atoms with E-state index < -0.39 is 34.8 Å². The Morgan fingerprint density at radius 1 is 1.41 bits per heavy atom. The minimum absolute atomic E-state index is 0.119. The van der Waals surface area contributed by atoms with Crippen molar-refractivity contribution in [1.29, 1.82) is 0 Å². The van der Waals surface area contributed by atoms with Crippen molar-refractivity contribution in [2.75, 3.05) is 12.3 Å². The Kier molecular flexibility index (Phi) is 3.59. The largest absolute Gasteiger partial charge is 0.462 e. The van der Waals surface area contributed by atoms with Crippen LogP contribution in [-0.4, -0.2) is 12.6 Å². The third-order valence-electron chi connectivity index (χ3n) is 1.91. The highest BCUT2D eigenvalue weighted by Gasteiger charge is 2.38. The lowest BCUT2D eigenvalue weighted by Gasteiger charge is -2.14. The van der Waals surface area contributed by atoms with Crippen molar-refractivity contribution in [1.82, 2.24) is 0 Å². The maximum Gasteiger partial charge on any atom is 0.419 e. The van der Waals surface area contributed by atoms with Crippen LogP contribution in [0.5, 0.6) is 0 Å². The smallest absolute Gasteiger partial charge is 0.419 e. The van der Waals surface area contributed by atoms with Crippen LogP contribution in [0.25, 0.3) is 0 Å². The monoisotopic (exact) mass is 251 g/mol. The summed E-state index contributed by atoms with van der Waals surface area (Å²) in [5, 5.41) is 0. The molecule has 0 spiro atoms. The summed E-state index contributed by atoms with van der Waals surface area (Å²) in [6, 6.07) is 0.961. The highest BCUT2D eigenvalue weighted by molar-refractivity contribution is 5.93. The molecule has 0 bridgehead atoms. The van der Waals surface area contributed by atoms with Gasteiger partial charge in [-0.1, -0.05) is 0 Å². The summed E-state index contributed by atoms with van der Waals surface area (Å²) in [6.07, 6.45) is -4.85. The van der Waals surface area contributed by atoms with E-state index in [9.17, 15) is 22.4 Å². The number of nitrogens with two attached hydrogens (primary N) is 1. The fourth-order valence-electron chi connectivity index (χ4n) is 1.31. The lowest BCUT2D eigenvalue weighted by molar-refractivity contribution is -0.137. The molecule has 0 aliphatic heterocycles. The first-order valence-electron chi connectivity index (χ1n) is 4.60. The van der Waals surface area contributed by atoms with Gasteiger partial charge in [-0.3, -0.25) is 0 Å². The van der Waals surface area contributed by atoms with Crippen LogP contribution in [0, 0.1) is 5.82 Å². The fraction of sp³-hybridized carbons (Fsp3) is 0.300. The molecule has 0 aromatic heterocycles. The molecule has 0 unspecified atom stereocenters. The molecule has 1 rings (SSSR count). The van der Waals surface area contributed by atoms with Crippen molar-refractivity contribution in [3.05, 3.63) is 29.1 Å². The second-order valence-electron chi connectivity index (χ2n) is 3.14. The van der Waals surface area contributed by atoms with Crippen LogP contribution in [0.15, 0.2) is 12.1 Å². The minimum atomic E-state index is -4.85. The van der Waals surface area contributed by atoms with E-state index in [0.29, 0.717) is 12.1 Å². The van der Waals surface area contributed by atoms with Crippen molar-refractivity contribution >= 4 is 11.7 Å². The number of carbonyl (C=O) groups excluding carboxylic acids is 1. The molecule has 1 aromatic rings. The van der Waals surface area contributed by atoms with Gasteiger partial charge >= 0.3 is 12.1 Å². The van der Waals surface area contributed by atoms with E-state index in [-0.39, 0.29) is 6.61 Å². The molecule has 3 nitrogen and oxygen atoms in total. The van der Waals surface area contributed by atoms with Gasteiger partial charge in [0.05, 0.1) is 17.7 Å². The number of halogens is 4. The zero-order valence-corrected chi connectivity index (χ0v) is 8.77. The molecule has 94 valence electrons. The van der Waals surface area contributed by atoms with Crippen LogP contribution in [0.1, 0.15) is 22.8 Å². The van der Waals surface area contributed by atoms with Gasteiger partial charge in [0.2, 0.25) is 0 Å². The highest BCUT2D eigenvalue weighted by Crippen LogP contribution is 2.37. The second kappa shape index (κ2) is 4.60. The van der Waals surface area contributed by atoms with Crippen LogP contribution in [0.3, 0.4) is 0 Å². The Hall–Kier alpha value is -1.79. The second-order valence-corrected chi connectivity index (χ2v) is 3.14. The van der Waals surface area contributed by atoms with Gasteiger partial charge in [-0.05, 0) is 19.1 Å². The van der Waals surface area contributed by atoms with E-state index in [4.69, 9.17) is 5.73 Å². The number of ether oxygens (including phenoxy) is 1. The van der Waals surface area contributed by atoms with E-state index in [1.54, 1.807) is 0 Å². The number of carbonyl (C=O) groups is 1. The zero-order valence-electron chi connectivity index (χ0n) is 8.77. The summed E-state index contributed by atoms with van der Waals surface area (Å²) in [4.78, 5) is 11.3. The molecule has 0 atom stereocenters. The molecule has 0 aliphatic carbocycles. The van der Waals surface area contributed by atoms with Crippen LogP contribution >= 0.6 is 0 Å². The van der Waals surface area contributed by atoms with Crippen LogP contribution in [0.2, 0.25) is 0 Å². The average Bonchev–Trinajstić information content (AvgIpc) is 2.14. The molecule has 2 N–H and O–H groups in total. The first-order valence-corrected chi connectivity index (χ1v) is 4.60. The summed E-state index contributed by atoms with van der Waals surface area (Å²) in [6.45, 7) is 1.31. The average molecular weight is 251 g/mol. The summed E-state index contributed by atoms with van der Waals surface area (Å²) >= 11 is 0. The SMILES string of the molecule is CCOC(=O)c1cc(F)cc(N)c1C(F)(F)F. The molecule has 0 fully saturated rings. The molecule has 0 saturated heterocycles. The van der Waals surface area contributed by atoms with Crippen molar-refractivity contribution < 1.29 is 27.1 Å². The Morgan fingerprint density at radius 2 is 2.00 bits per heavy atom. The lowest BCUT2D eigenvalue weighted by atomic mass is 10.0. The standard InChI is InChI=1S/C10H9F4NO2/c1-2-17-9(16)6-3-5(11)4-7(15)8(6)10(12,13)14/h3-4H,2,15H2,1H3. The molecule has 0 heterocycles. The Morgan fingerprint density at radius 3 is 2.47 bits per heavy atom. The van der Waals surface area contributed by atoms with E-state index in [0.717, 1.165) is 0 Å². The van der Waals surface area contributed by atoms with Gasteiger partial charge in [-0.2, -0.15) is 13.2 Å². The zero-order chi connectivity index (χ0) is 13.2. The highest BCUT2D eigenvalue weighted by atomic mass is 19.4. The molecular weight excluding hydrogens is 242 g/mol. The normalized spacial score (nSPS) is 11.4. The summed E-state index contributed by atoms with van der Waals surface area (Å²) in [7, 11) is 0. The minimum Gasteiger partial charge on any atom is -0.462 e. The summed E-state index contributed by atoms with van der Waals surface area (Å²) in [5.41, 5.74) is 1.93. The van der Waals surface area contributed by atoms with Crippen molar-refractivity contribution in [2.45, 2.75) is 13.1 Å². The van der Waals surface area contributed by atoms with Crippen LogP contribution in [0.4, 0.5) is 23.2 Å². The molecule has 1 aromatic carbocycles. The van der Waals surface area contributed by atoms with Gasteiger partial charge in [-0.15, -0.1) is 0 Å². The van der Waals surface area contributed by atoms with Gasteiger partial charge in [0.1, 0.15) is 5.82 Å². The lowest BCUT2D eigenvalue weighted by Crippen LogP contribution is -2.18. The predicted octanol–water partition coefficient (Wildman–Crippen LogP) is 2.60. The quantitative estimate of drug-likeness (QED) is 0.499. The number of hydrogen-bond acceptors (Lipinski definition) is 3. The van der Waals surface area contributed by atoms with Crippen molar-refractivity contribution in [2.24, 2.45) is 0 Å². The molecule has 0 aliphatic rings. The van der Waals surface area contributed by atoms with E-state index in [2.05, 4.69) is 4.74 Å². The topological polar surface area (TPSA) is 52.3 Å².